The van der Waals surface area contributed by atoms with E-state index in [9.17, 15) is 10.2 Å². The Hall–Kier alpha value is -1.49. The molecule has 4 nitrogen and oxygen atoms in total. The van der Waals surface area contributed by atoms with Gasteiger partial charge >= 0.3 is 0 Å². The molecule has 1 aliphatic heterocycles. The molecule has 1 aromatic carbocycles. The summed E-state index contributed by atoms with van der Waals surface area (Å²) in [7, 11) is 0. The number of thiocarbonyl (C=S) groups is 1. The highest BCUT2D eigenvalue weighted by Crippen LogP contribution is 2.31. The fourth-order valence-corrected chi connectivity index (χ4v) is 1.93. The van der Waals surface area contributed by atoms with E-state index in [2.05, 4.69) is 0 Å². The van der Waals surface area contributed by atoms with E-state index in [4.69, 9.17) is 18.0 Å². The molecule has 80 valence electrons. The number of phenols is 2. The molecule has 0 amide bonds. The van der Waals surface area contributed by atoms with Crippen LogP contribution in [0.5, 0.6) is 11.5 Å². The number of benzene rings is 1. The van der Waals surface area contributed by atoms with Crippen molar-refractivity contribution < 1.29 is 10.2 Å². The summed E-state index contributed by atoms with van der Waals surface area (Å²) in [5, 5.41) is 19.1. The van der Waals surface area contributed by atoms with Crippen LogP contribution in [0.2, 0.25) is 0 Å². The molecule has 0 aliphatic carbocycles. The lowest BCUT2D eigenvalue weighted by molar-refractivity contribution is 0.380. The first-order valence-electron chi connectivity index (χ1n) is 4.66. The molecule has 0 spiro atoms. The number of hydrogen-bond donors (Lipinski definition) is 3. The molecule has 0 radical (unpaired) electrons. The van der Waals surface area contributed by atoms with Crippen molar-refractivity contribution in [3.8, 4) is 11.5 Å². The Morgan fingerprint density at radius 1 is 1.27 bits per heavy atom. The number of fused-ring (bicyclic) bond motifs is 1. The Morgan fingerprint density at radius 2 is 1.87 bits per heavy atom. The maximum Gasteiger partial charge on any atom is 0.166 e. The Labute approximate surface area is 92.9 Å². The van der Waals surface area contributed by atoms with Crippen LogP contribution in [0, 0.1) is 0 Å². The zero-order valence-electron chi connectivity index (χ0n) is 8.10. The number of rotatable bonds is 0. The Morgan fingerprint density at radius 3 is 2.47 bits per heavy atom. The van der Waals surface area contributed by atoms with Crippen LogP contribution in [0.3, 0.4) is 0 Å². The van der Waals surface area contributed by atoms with Crippen LogP contribution < -0.4 is 5.73 Å². The highest BCUT2D eigenvalue weighted by atomic mass is 32.1. The monoisotopic (exact) mass is 224 g/mol. The van der Waals surface area contributed by atoms with Gasteiger partial charge in [-0.1, -0.05) is 0 Å². The third-order valence-electron chi connectivity index (χ3n) is 2.62. The number of aromatic hydroxyl groups is 2. The summed E-state index contributed by atoms with van der Waals surface area (Å²) in [5.74, 6) is -0.170. The van der Waals surface area contributed by atoms with Crippen molar-refractivity contribution in [1.29, 1.82) is 0 Å². The minimum atomic E-state index is -0.0986. The van der Waals surface area contributed by atoms with Crippen molar-refractivity contribution in [2.75, 3.05) is 6.54 Å². The van der Waals surface area contributed by atoms with Gasteiger partial charge in [0.1, 0.15) is 0 Å². The minimum Gasteiger partial charge on any atom is -0.504 e. The lowest BCUT2D eigenvalue weighted by Crippen LogP contribution is -2.39. The summed E-state index contributed by atoms with van der Waals surface area (Å²) in [6, 6.07) is 3.16. The Balaban J connectivity index is 2.34. The lowest BCUT2D eigenvalue weighted by atomic mass is 9.99. The highest BCUT2D eigenvalue weighted by Gasteiger charge is 2.18. The molecule has 15 heavy (non-hydrogen) atoms. The smallest absolute Gasteiger partial charge is 0.166 e. The van der Waals surface area contributed by atoms with E-state index in [0.717, 1.165) is 24.1 Å². The summed E-state index contributed by atoms with van der Waals surface area (Å²) in [6.07, 6.45) is 0.778. The molecule has 1 aromatic rings. The lowest BCUT2D eigenvalue weighted by Gasteiger charge is -2.29. The van der Waals surface area contributed by atoms with Crippen LogP contribution >= 0.6 is 12.2 Å². The molecule has 0 aromatic heterocycles. The summed E-state index contributed by atoms with van der Waals surface area (Å²) in [6.45, 7) is 1.35. The van der Waals surface area contributed by atoms with E-state index in [1.165, 1.54) is 0 Å². The normalized spacial score (nSPS) is 14.8. The molecule has 0 saturated heterocycles. The van der Waals surface area contributed by atoms with Crippen molar-refractivity contribution >= 4 is 17.3 Å². The molecule has 1 aliphatic rings. The largest absolute Gasteiger partial charge is 0.504 e. The summed E-state index contributed by atoms with van der Waals surface area (Å²) in [5.41, 5.74) is 7.54. The topological polar surface area (TPSA) is 69.7 Å². The number of nitrogens with zero attached hydrogens (tertiary/aromatic N) is 1. The third kappa shape index (κ3) is 1.83. The van der Waals surface area contributed by atoms with E-state index in [0.29, 0.717) is 11.7 Å². The molecule has 0 bridgehead atoms. The van der Waals surface area contributed by atoms with E-state index < -0.39 is 0 Å². The van der Waals surface area contributed by atoms with E-state index in [1.54, 1.807) is 12.1 Å². The molecule has 5 heteroatoms. The van der Waals surface area contributed by atoms with Gasteiger partial charge in [0.05, 0.1) is 0 Å². The van der Waals surface area contributed by atoms with E-state index >= 15 is 0 Å². The van der Waals surface area contributed by atoms with Gasteiger partial charge in [0.2, 0.25) is 0 Å². The molecule has 1 heterocycles. The van der Waals surface area contributed by atoms with E-state index in [1.807, 2.05) is 4.90 Å². The van der Waals surface area contributed by atoms with E-state index in [-0.39, 0.29) is 11.5 Å². The first-order chi connectivity index (χ1) is 7.08. The van der Waals surface area contributed by atoms with Crippen molar-refractivity contribution in [2.24, 2.45) is 5.73 Å². The molecule has 0 atom stereocenters. The van der Waals surface area contributed by atoms with Gasteiger partial charge in [-0.15, -0.1) is 0 Å². The summed E-state index contributed by atoms with van der Waals surface area (Å²) in [4.78, 5) is 1.87. The second-order valence-electron chi connectivity index (χ2n) is 3.62. The molecule has 0 fully saturated rings. The maximum absolute atomic E-state index is 9.37. The van der Waals surface area contributed by atoms with Crippen LogP contribution in [0.15, 0.2) is 12.1 Å². The number of nitrogens with two attached hydrogens (primary N) is 1. The van der Waals surface area contributed by atoms with Gasteiger partial charge in [0.25, 0.3) is 0 Å². The van der Waals surface area contributed by atoms with Crippen molar-refractivity contribution in [1.82, 2.24) is 4.90 Å². The third-order valence-corrected chi connectivity index (χ3v) is 2.88. The molecule has 2 rings (SSSR count). The van der Waals surface area contributed by atoms with Crippen LogP contribution in [0.4, 0.5) is 0 Å². The zero-order valence-corrected chi connectivity index (χ0v) is 8.92. The molecular formula is C10H12N2O2S. The average Bonchev–Trinajstić information content (AvgIpc) is 2.19. The van der Waals surface area contributed by atoms with Gasteiger partial charge in [-0.3, -0.25) is 0 Å². The summed E-state index contributed by atoms with van der Waals surface area (Å²) >= 11 is 4.89. The highest BCUT2D eigenvalue weighted by molar-refractivity contribution is 7.80. The number of phenolic OH excluding ortho intramolecular Hbond substituents is 2. The predicted molar refractivity (Wildman–Crippen MR) is 60.7 cm³/mol. The van der Waals surface area contributed by atoms with Gasteiger partial charge in [0, 0.05) is 13.1 Å². The molecule has 0 unspecified atom stereocenters. The molecular weight excluding hydrogens is 212 g/mol. The van der Waals surface area contributed by atoms with Gasteiger partial charge in [-0.2, -0.15) is 0 Å². The summed E-state index contributed by atoms with van der Waals surface area (Å²) < 4.78 is 0. The van der Waals surface area contributed by atoms with Crippen LogP contribution in [0.1, 0.15) is 11.1 Å². The zero-order chi connectivity index (χ0) is 11.0. The van der Waals surface area contributed by atoms with Gasteiger partial charge in [0.15, 0.2) is 16.6 Å². The van der Waals surface area contributed by atoms with Crippen molar-refractivity contribution in [3.05, 3.63) is 23.3 Å². The Bertz CT molecular complexity index is 420. The maximum atomic E-state index is 9.37. The van der Waals surface area contributed by atoms with Gasteiger partial charge < -0.3 is 20.8 Å². The fraction of sp³-hybridized carbons (Fsp3) is 0.300. The van der Waals surface area contributed by atoms with Crippen LogP contribution in [-0.4, -0.2) is 26.8 Å². The average molecular weight is 224 g/mol. The van der Waals surface area contributed by atoms with Gasteiger partial charge in [-0.05, 0) is 41.9 Å². The number of hydrogen-bond acceptors (Lipinski definition) is 3. The quantitative estimate of drug-likeness (QED) is 0.447. The predicted octanol–water partition coefficient (Wildman–Crippen LogP) is 0.700. The first kappa shape index (κ1) is 10.0. The second kappa shape index (κ2) is 3.58. The minimum absolute atomic E-state index is 0.0717. The van der Waals surface area contributed by atoms with Crippen LogP contribution in [-0.2, 0) is 13.0 Å². The molecule has 4 N–H and O–H groups in total. The first-order valence-corrected chi connectivity index (χ1v) is 5.07. The van der Waals surface area contributed by atoms with Crippen LogP contribution in [0.25, 0.3) is 0 Å². The standard InChI is InChI=1S/C10H12N2O2S/c11-10(15)12-2-1-6-3-8(13)9(14)4-7(6)5-12/h3-4,13-14H,1-2,5H2,(H2,11,15). The van der Waals surface area contributed by atoms with Crippen molar-refractivity contribution in [2.45, 2.75) is 13.0 Å². The molecule has 0 saturated carbocycles. The van der Waals surface area contributed by atoms with Crippen molar-refractivity contribution in [3.63, 3.8) is 0 Å². The second-order valence-corrected chi connectivity index (χ2v) is 4.04. The Kier molecular flexibility index (Phi) is 2.40. The fourth-order valence-electron chi connectivity index (χ4n) is 1.77. The SMILES string of the molecule is NC(=S)N1CCc2cc(O)c(O)cc2C1. The van der Waals surface area contributed by atoms with Gasteiger partial charge in [-0.25, -0.2) is 0 Å².